The molecule has 0 saturated carbocycles. The first-order valence-electron chi connectivity index (χ1n) is 9.78. The molecule has 0 bridgehead atoms. The van der Waals surface area contributed by atoms with Crippen LogP contribution in [0.5, 0.6) is 0 Å². The molecule has 30 heavy (non-hydrogen) atoms. The van der Waals surface area contributed by atoms with Gasteiger partial charge in [0.15, 0.2) is 5.16 Å². The summed E-state index contributed by atoms with van der Waals surface area (Å²) in [5.41, 5.74) is 1.50. The third-order valence-electron chi connectivity index (χ3n) is 5.30. The average molecular weight is 438 g/mol. The van der Waals surface area contributed by atoms with Crippen LogP contribution in [0.3, 0.4) is 0 Å². The molecule has 5 rings (SSSR count). The van der Waals surface area contributed by atoms with E-state index in [0.29, 0.717) is 22.6 Å². The number of hydrogen-bond acceptors (Lipinski definition) is 7. The molecule has 0 radical (unpaired) electrons. The molecule has 1 aliphatic carbocycles. The minimum absolute atomic E-state index is 0.0289. The highest BCUT2D eigenvalue weighted by atomic mass is 32.2. The molecule has 3 aromatic heterocycles. The number of aromatic nitrogens is 5. The Hall–Kier alpha value is -2.78. The van der Waals surface area contributed by atoms with Crippen LogP contribution in [0.2, 0.25) is 0 Å². The molecule has 3 heterocycles. The van der Waals surface area contributed by atoms with E-state index in [1.54, 1.807) is 40.2 Å². The van der Waals surface area contributed by atoms with Crippen LogP contribution in [0.4, 0.5) is 0 Å². The Balaban J connectivity index is 1.56. The van der Waals surface area contributed by atoms with Crippen LogP contribution in [0.15, 0.2) is 51.7 Å². The third-order valence-corrected chi connectivity index (χ3v) is 7.43. The zero-order chi connectivity index (χ0) is 20.7. The van der Waals surface area contributed by atoms with E-state index in [1.807, 2.05) is 6.07 Å². The molecule has 4 aromatic rings. The molecule has 0 fully saturated rings. The van der Waals surface area contributed by atoms with Crippen molar-refractivity contribution in [3.63, 3.8) is 0 Å². The van der Waals surface area contributed by atoms with Gasteiger partial charge in [-0.1, -0.05) is 35.2 Å². The molecule has 7 nitrogen and oxygen atoms in total. The van der Waals surface area contributed by atoms with Gasteiger partial charge in [0.1, 0.15) is 10.3 Å². The Morgan fingerprint density at radius 1 is 1.17 bits per heavy atom. The molecule has 0 atom stereocenters. The number of thioether (sulfide) groups is 1. The predicted molar refractivity (Wildman–Crippen MR) is 120 cm³/mol. The van der Waals surface area contributed by atoms with Gasteiger partial charge in [-0.15, -0.1) is 23.0 Å². The fraction of sp³-hybridized carbons (Fsp3) is 0.286. The number of fused-ring (bicyclic) bond motifs is 4. The molecule has 9 heteroatoms. The maximum atomic E-state index is 13.3. The number of aryl methyl sites for hydroxylation is 2. The van der Waals surface area contributed by atoms with E-state index in [-0.39, 0.29) is 17.0 Å². The second-order valence-corrected chi connectivity index (χ2v) is 9.17. The van der Waals surface area contributed by atoms with Gasteiger partial charge >= 0.3 is 0 Å². The fourth-order valence-electron chi connectivity index (χ4n) is 3.85. The minimum atomic E-state index is -0.210. The van der Waals surface area contributed by atoms with Gasteiger partial charge in [0.25, 0.3) is 11.1 Å². The van der Waals surface area contributed by atoms with Crippen molar-refractivity contribution in [1.29, 1.82) is 0 Å². The van der Waals surface area contributed by atoms with Crippen LogP contribution in [0.1, 0.15) is 23.3 Å². The van der Waals surface area contributed by atoms with E-state index in [0.717, 1.165) is 35.9 Å². The maximum absolute atomic E-state index is 13.3. The van der Waals surface area contributed by atoms with Gasteiger partial charge in [-0.3, -0.25) is 14.2 Å². The molecular formula is C21H19N5O2S2. The van der Waals surface area contributed by atoms with Crippen LogP contribution in [0.25, 0.3) is 21.1 Å². The Kier molecular flexibility index (Phi) is 5.00. The summed E-state index contributed by atoms with van der Waals surface area (Å²) < 4.78 is 2.95. The van der Waals surface area contributed by atoms with Gasteiger partial charge in [0.05, 0.1) is 16.6 Å². The highest BCUT2D eigenvalue weighted by Gasteiger charge is 2.22. The van der Waals surface area contributed by atoms with E-state index in [9.17, 15) is 9.59 Å². The lowest BCUT2D eigenvalue weighted by molar-refractivity contribution is 0.633. The SMILES string of the molecule is C=CCn1c(SCn2nnc3ccccc3c2=O)nc2sc3c(c2c1=O)CCCC3. The van der Waals surface area contributed by atoms with Crippen molar-refractivity contribution < 1.29 is 0 Å². The van der Waals surface area contributed by atoms with E-state index >= 15 is 0 Å². The molecule has 0 saturated heterocycles. The van der Waals surface area contributed by atoms with Crippen LogP contribution >= 0.6 is 23.1 Å². The van der Waals surface area contributed by atoms with Crippen molar-refractivity contribution in [2.75, 3.05) is 0 Å². The van der Waals surface area contributed by atoms with Gasteiger partial charge in [-0.2, -0.15) is 4.68 Å². The lowest BCUT2D eigenvalue weighted by atomic mass is 9.97. The predicted octanol–water partition coefficient (Wildman–Crippen LogP) is 3.38. The van der Waals surface area contributed by atoms with Gasteiger partial charge in [0.2, 0.25) is 0 Å². The molecule has 1 aliphatic rings. The number of rotatable bonds is 5. The molecule has 0 amide bonds. The first-order chi connectivity index (χ1) is 14.7. The molecular weight excluding hydrogens is 418 g/mol. The molecule has 0 spiro atoms. The van der Waals surface area contributed by atoms with Crippen molar-refractivity contribution in [3.05, 3.63) is 68.1 Å². The monoisotopic (exact) mass is 437 g/mol. The van der Waals surface area contributed by atoms with Gasteiger partial charge < -0.3 is 0 Å². The summed E-state index contributed by atoms with van der Waals surface area (Å²) in [6.45, 7) is 4.16. The summed E-state index contributed by atoms with van der Waals surface area (Å²) in [6, 6.07) is 7.13. The molecule has 0 unspecified atom stereocenters. The topological polar surface area (TPSA) is 82.7 Å². The Morgan fingerprint density at radius 3 is 2.87 bits per heavy atom. The maximum Gasteiger partial charge on any atom is 0.278 e. The summed E-state index contributed by atoms with van der Waals surface area (Å²) in [5.74, 6) is 0.219. The van der Waals surface area contributed by atoms with Crippen molar-refractivity contribution in [1.82, 2.24) is 24.5 Å². The average Bonchev–Trinajstić information content (AvgIpc) is 3.14. The second-order valence-electron chi connectivity index (χ2n) is 7.17. The number of hydrogen-bond donors (Lipinski definition) is 0. The van der Waals surface area contributed by atoms with Crippen molar-refractivity contribution >= 4 is 44.2 Å². The van der Waals surface area contributed by atoms with Crippen LogP contribution in [-0.4, -0.2) is 24.5 Å². The Morgan fingerprint density at radius 2 is 2.00 bits per heavy atom. The Bertz CT molecular complexity index is 1400. The van der Waals surface area contributed by atoms with E-state index < -0.39 is 0 Å². The highest BCUT2D eigenvalue weighted by Crippen LogP contribution is 2.34. The van der Waals surface area contributed by atoms with Crippen molar-refractivity contribution in [2.24, 2.45) is 0 Å². The summed E-state index contributed by atoms with van der Waals surface area (Å²) in [6.07, 6.45) is 5.92. The highest BCUT2D eigenvalue weighted by molar-refractivity contribution is 7.98. The van der Waals surface area contributed by atoms with Crippen molar-refractivity contribution in [3.8, 4) is 0 Å². The van der Waals surface area contributed by atoms with Gasteiger partial charge in [-0.25, -0.2) is 4.98 Å². The quantitative estimate of drug-likeness (QED) is 0.270. The number of thiophene rings is 1. The third kappa shape index (κ3) is 3.18. The van der Waals surface area contributed by atoms with E-state index in [1.165, 1.54) is 26.9 Å². The summed E-state index contributed by atoms with van der Waals surface area (Å²) in [5, 5.41) is 9.99. The first kappa shape index (κ1) is 19.2. The van der Waals surface area contributed by atoms with Crippen LogP contribution in [-0.2, 0) is 25.3 Å². The van der Waals surface area contributed by atoms with Crippen molar-refractivity contribution in [2.45, 2.75) is 43.3 Å². The lowest BCUT2D eigenvalue weighted by Crippen LogP contribution is -2.25. The number of nitrogens with zero attached hydrogens (tertiary/aromatic N) is 5. The fourth-order valence-corrected chi connectivity index (χ4v) is 6.03. The van der Waals surface area contributed by atoms with Gasteiger partial charge in [-0.05, 0) is 43.4 Å². The largest absolute Gasteiger partial charge is 0.283 e. The zero-order valence-corrected chi connectivity index (χ0v) is 17.8. The summed E-state index contributed by atoms with van der Waals surface area (Å²) >= 11 is 2.93. The van der Waals surface area contributed by atoms with E-state index in [4.69, 9.17) is 4.98 Å². The molecule has 1 aromatic carbocycles. The standard InChI is InChI=1S/C21H19N5O2S2/c1-2-11-25-20(28)17-14-8-4-6-10-16(14)30-18(17)22-21(25)29-12-26-19(27)13-7-3-5-9-15(13)23-24-26/h2-3,5,7,9H,1,4,6,8,10-12H2. The van der Waals surface area contributed by atoms with Crippen LogP contribution < -0.4 is 11.1 Å². The normalized spacial score (nSPS) is 13.6. The molecule has 0 aliphatic heterocycles. The smallest absolute Gasteiger partial charge is 0.278 e. The number of benzene rings is 1. The minimum Gasteiger partial charge on any atom is -0.283 e. The van der Waals surface area contributed by atoms with Crippen LogP contribution in [0, 0.1) is 0 Å². The summed E-state index contributed by atoms with van der Waals surface area (Å²) in [7, 11) is 0. The molecule has 0 N–H and O–H groups in total. The Labute approximate surface area is 180 Å². The number of allylic oxidation sites excluding steroid dienone is 1. The lowest BCUT2D eigenvalue weighted by Gasteiger charge is -2.12. The molecule has 152 valence electrons. The van der Waals surface area contributed by atoms with E-state index in [2.05, 4.69) is 16.9 Å². The first-order valence-corrected chi connectivity index (χ1v) is 11.6. The zero-order valence-electron chi connectivity index (χ0n) is 16.2. The summed E-state index contributed by atoms with van der Waals surface area (Å²) in [4.78, 5) is 32.9. The second kappa shape index (κ2) is 7.81. The van der Waals surface area contributed by atoms with Gasteiger partial charge in [0, 0.05) is 11.4 Å².